The minimum Gasteiger partial charge on any atom is -0.298 e. The number of aldehydes is 1. The van der Waals surface area contributed by atoms with E-state index < -0.39 is 0 Å². The number of carbonyl (C=O) groups is 1. The van der Waals surface area contributed by atoms with Crippen LogP contribution in [0.3, 0.4) is 0 Å². The molecule has 0 fully saturated rings. The molecule has 0 atom stereocenters. The van der Waals surface area contributed by atoms with E-state index in [-0.39, 0.29) is 0 Å². The summed E-state index contributed by atoms with van der Waals surface area (Å²) in [6.07, 6.45) is 9.51. The Morgan fingerprint density at radius 1 is 1.18 bits per heavy atom. The topological polar surface area (TPSA) is 60.2 Å². The lowest BCUT2D eigenvalue weighted by Crippen LogP contribution is -1.99. The van der Waals surface area contributed by atoms with Crippen molar-refractivity contribution in [3.8, 4) is 11.1 Å². The average molecular weight is 366 g/mol. The van der Waals surface area contributed by atoms with Crippen LogP contribution in [-0.4, -0.2) is 25.9 Å². The fourth-order valence-electron chi connectivity index (χ4n) is 3.05. The second-order valence-electron chi connectivity index (χ2n) is 6.36. The SMILES string of the molecule is C=C/C(C=O)=C\C=C\c1nc2c(cnc3cc(C)nn32)cc1-c1ccccc1. The lowest BCUT2D eigenvalue weighted by molar-refractivity contribution is -0.104. The van der Waals surface area contributed by atoms with Crippen LogP contribution in [-0.2, 0) is 4.79 Å². The third kappa shape index (κ3) is 3.25. The van der Waals surface area contributed by atoms with Crippen molar-refractivity contribution in [2.75, 3.05) is 0 Å². The van der Waals surface area contributed by atoms with E-state index in [1.54, 1.807) is 16.7 Å². The molecule has 3 aromatic heterocycles. The predicted molar refractivity (Wildman–Crippen MR) is 112 cm³/mol. The Bertz CT molecular complexity index is 1240. The molecule has 0 aliphatic heterocycles. The van der Waals surface area contributed by atoms with Crippen molar-refractivity contribution in [2.24, 2.45) is 0 Å². The van der Waals surface area contributed by atoms with Crippen molar-refractivity contribution in [1.82, 2.24) is 19.6 Å². The lowest BCUT2D eigenvalue weighted by Gasteiger charge is -2.09. The van der Waals surface area contributed by atoms with Crippen LogP contribution in [0.25, 0.3) is 33.9 Å². The molecule has 0 unspecified atom stereocenters. The number of aryl methyl sites for hydroxylation is 1. The highest BCUT2D eigenvalue weighted by molar-refractivity contribution is 5.87. The summed E-state index contributed by atoms with van der Waals surface area (Å²) in [6.45, 7) is 5.56. The molecular formula is C23H18N4O. The van der Waals surface area contributed by atoms with Crippen molar-refractivity contribution in [2.45, 2.75) is 6.92 Å². The third-order valence-electron chi connectivity index (χ3n) is 4.41. The summed E-state index contributed by atoms with van der Waals surface area (Å²) in [5, 5.41) is 5.42. The average Bonchev–Trinajstić information content (AvgIpc) is 3.12. The van der Waals surface area contributed by atoms with Gasteiger partial charge in [0, 0.05) is 28.8 Å². The van der Waals surface area contributed by atoms with Crippen molar-refractivity contribution in [1.29, 1.82) is 0 Å². The Labute approximate surface area is 162 Å². The largest absolute Gasteiger partial charge is 0.298 e. The molecule has 136 valence electrons. The maximum Gasteiger partial charge on any atom is 0.165 e. The molecule has 3 heterocycles. The standard InChI is InChI=1S/C23H18N4O/c1-3-17(15-28)8-7-11-21-20(18-9-5-4-6-10-18)13-19-14-24-22-12-16(2)26-27(22)23(19)25-21/h3-15H,1H2,2H3/b11-7+,17-8+. The van der Waals surface area contributed by atoms with Crippen LogP contribution in [0, 0.1) is 6.92 Å². The van der Waals surface area contributed by atoms with Crippen LogP contribution in [0.5, 0.6) is 0 Å². The Hall–Kier alpha value is -3.86. The Morgan fingerprint density at radius 3 is 2.75 bits per heavy atom. The molecule has 5 heteroatoms. The summed E-state index contributed by atoms with van der Waals surface area (Å²) >= 11 is 0. The van der Waals surface area contributed by atoms with Gasteiger partial charge in [-0.15, -0.1) is 0 Å². The minimum absolute atomic E-state index is 0.507. The van der Waals surface area contributed by atoms with Gasteiger partial charge >= 0.3 is 0 Å². The number of hydrogen-bond donors (Lipinski definition) is 0. The van der Waals surface area contributed by atoms with Gasteiger partial charge in [0.1, 0.15) is 6.29 Å². The van der Waals surface area contributed by atoms with Crippen molar-refractivity contribution < 1.29 is 4.79 Å². The zero-order valence-corrected chi connectivity index (χ0v) is 15.4. The summed E-state index contributed by atoms with van der Waals surface area (Å²) in [4.78, 5) is 20.3. The molecular weight excluding hydrogens is 348 g/mol. The van der Waals surface area contributed by atoms with Crippen LogP contribution in [0.15, 0.2) is 79.0 Å². The van der Waals surface area contributed by atoms with E-state index in [1.807, 2.05) is 55.6 Å². The van der Waals surface area contributed by atoms with Crippen molar-refractivity contribution >= 4 is 29.0 Å². The third-order valence-corrected chi connectivity index (χ3v) is 4.41. The van der Waals surface area contributed by atoms with Gasteiger partial charge in [-0.25, -0.2) is 9.97 Å². The monoisotopic (exact) mass is 366 g/mol. The maximum absolute atomic E-state index is 11.0. The maximum atomic E-state index is 11.0. The van der Waals surface area contributed by atoms with Gasteiger partial charge in [-0.2, -0.15) is 9.61 Å². The van der Waals surface area contributed by atoms with Gasteiger partial charge in [-0.3, -0.25) is 4.79 Å². The smallest absolute Gasteiger partial charge is 0.165 e. The predicted octanol–water partition coefficient (Wildman–Crippen LogP) is 4.58. The van der Waals surface area contributed by atoms with Crippen molar-refractivity contribution in [3.63, 3.8) is 0 Å². The van der Waals surface area contributed by atoms with Crippen LogP contribution in [0.1, 0.15) is 11.4 Å². The molecule has 0 radical (unpaired) electrons. The number of hydrogen-bond acceptors (Lipinski definition) is 4. The fraction of sp³-hybridized carbons (Fsp3) is 0.0435. The molecule has 1 aromatic carbocycles. The summed E-state index contributed by atoms with van der Waals surface area (Å²) in [5.41, 5.74) is 5.70. The Kier molecular flexibility index (Phi) is 4.64. The molecule has 0 N–H and O–H groups in total. The molecule has 5 nitrogen and oxygen atoms in total. The number of carbonyl (C=O) groups excluding carboxylic acids is 1. The molecule has 4 rings (SSSR count). The normalized spacial score (nSPS) is 12.1. The molecule has 28 heavy (non-hydrogen) atoms. The second-order valence-corrected chi connectivity index (χ2v) is 6.36. The number of nitrogens with zero attached hydrogens (tertiary/aromatic N) is 4. The minimum atomic E-state index is 0.507. The van der Waals surface area contributed by atoms with Crippen molar-refractivity contribution in [3.05, 3.63) is 90.4 Å². The first-order valence-corrected chi connectivity index (χ1v) is 8.87. The number of pyridine rings is 1. The second kappa shape index (κ2) is 7.40. The number of allylic oxidation sites excluding steroid dienone is 4. The Balaban J connectivity index is 1.96. The molecule has 0 bridgehead atoms. The Morgan fingerprint density at radius 2 is 2.00 bits per heavy atom. The number of aromatic nitrogens is 4. The molecule has 0 spiro atoms. The van der Waals surface area contributed by atoms with E-state index in [0.29, 0.717) is 5.57 Å². The molecule has 0 amide bonds. The van der Waals surface area contributed by atoms with E-state index in [4.69, 9.17) is 4.98 Å². The molecule has 0 saturated carbocycles. The van der Waals surface area contributed by atoms with Gasteiger partial charge in [-0.05, 0) is 24.6 Å². The quantitative estimate of drug-likeness (QED) is 0.295. The first kappa shape index (κ1) is 17.5. The van der Waals surface area contributed by atoms with E-state index in [1.165, 1.54) is 6.08 Å². The highest BCUT2D eigenvalue weighted by Crippen LogP contribution is 2.27. The van der Waals surface area contributed by atoms with E-state index in [2.05, 4.69) is 22.7 Å². The summed E-state index contributed by atoms with van der Waals surface area (Å²) in [7, 11) is 0. The van der Waals surface area contributed by atoms with Gasteiger partial charge in [0.05, 0.1) is 11.4 Å². The summed E-state index contributed by atoms with van der Waals surface area (Å²) in [5.74, 6) is 0. The number of rotatable bonds is 5. The summed E-state index contributed by atoms with van der Waals surface area (Å²) in [6, 6.07) is 14.0. The zero-order chi connectivity index (χ0) is 19.5. The fourth-order valence-corrected chi connectivity index (χ4v) is 3.05. The van der Waals surface area contributed by atoms with Gasteiger partial charge in [0.2, 0.25) is 0 Å². The summed E-state index contributed by atoms with van der Waals surface area (Å²) < 4.78 is 1.76. The molecule has 0 saturated heterocycles. The lowest BCUT2D eigenvalue weighted by atomic mass is 10.0. The number of benzene rings is 1. The van der Waals surface area contributed by atoms with Gasteiger partial charge in [-0.1, -0.05) is 55.1 Å². The molecule has 0 aliphatic carbocycles. The molecule has 4 aromatic rings. The number of fused-ring (bicyclic) bond motifs is 3. The van der Waals surface area contributed by atoms with E-state index in [9.17, 15) is 4.79 Å². The van der Waals surface area contributed by atoms with Gasteiger partial charge in [0.25, 0.3) is 0 Å². The van der Waals surface area contributed by atoms with Crippen LogP contribution < -0.4 is 0 Å². The first-order chi connectivity index (χ1) is 13.7. The van der Waals surface area contributed by atoms with Crippen LogP contribution >= 0.6 is 0 Å². The van der Waals surface area contributed by atoms with Crippen LogP contribution in [0.2, 0.25) is 0 Å². The van der Waals surface area contributed by atoms with Gasteiger partial charge in [0.15, 0.2) is 11.3 Å². The zero-order valence-electron chi connectivity index (χ0n) is 15.4. The highest BCUT2D eigenvalue weighted by Gasteiger charge is 2.11. The molecule has 0 aliphatic rings. The first-order valence-electron chi connectivity index (χ1n) is 8.87. The van der Waals surface area contributed by atoms with E-state index in [0.717, 1.165) is 45.5 Å². The highest BCUT2D eigenvalue weighted by atomic mass is 16.1. The van der Waals surface area contributed by atoms with Crippen LogP contribution in [0.4, 0.5) is 0 Å². The van der Waals surface area contributed by atoms with E-state index >= 15 is 0 Å². The van der Waals surface area contributed by atoms with Gasteiger partial charge < -0.3 is 0 Å².